The smallest absolute Gasteiger partial charge is 0.263 e. The van der Waals surface area contributed by atoms with Gasteiger partial charge in [0.2, 0.25) is 0 Å². The molecule has 0 saturated carbocycles. The number of piperidine rings is 1. The van der Waals surface area contributed by atoms with Crippen molar-refractivity contribution >= 4 is 17.5 Å². The molecule has 2 rings (SSSR count). The molecule has 0 aliphatic carbocycles. The van der Waals surface area contributed by atoms with Gasteiger partial charge in [-0.3, -0.25) is 4.79 Å². The first-order valence-electron chi connectivity index (χ1n) is 8.47. The number of hydrogen-bond acceptors (Lipinski definition) is 3. The van der Waals surface area contributed by atoms with Gasteiger partial charge >= 0.3 is 0 Å². The van der Waals surface area contributed by atoms with Crippen LogP contribution in [0.4, 0.5) is 0 Å². The SMILES string of the molecule is CCCN(C(=O)C(C)Oc1ccc(Cl)c(C)c1)C1CCNCC1. The summed E-state index contributed by atoms with van der Waals surface area (Å²) in [6.07, 6.45) is 2.50. The largest absolute Gasteiger partial charge is 0.481 e. The Morgan fingerprint density at radius 3 is 2.74 bits per heavy atom. The lowest BCUT2D eigenvalue weighted by molar-refractivity contribution is -0.141. The highest BCUT2D eigenvalue weighted by molar-refractivity contribution is 6.31. The Morgan fingerprint density at radius 2 is 2.13 bits per heavy atom. The van der Waals surface area contributed by atoms with Crippen LogP contribution in [0.5, 0.6) is 5.75 Å². The van der Waals surface area contributed by atoms with Gasteiger partial charge in [-0.25, -0.2) is 0 Å². The third-order valence-corrected chi connectivity index (χ3v) is 4.71. The maximum absolute atomic E-state index is 12.8. The van der Waals surface area contributed by atoms with Crippen molar-refractivity contribution in [3.63, 3.8) is 0 Å². The maximum Gasteiger partial charge on any atom is 0.263 e. The summed E-state index contributed by atoms with van der Waals surface area (Å²) in [5, 5.41) is 4.06. The number of aryl methyl sites for hydroxylation is 1. The van der Waals surface area contributed by atoms with Crippen LogP contribution in [0.1, 0.15) is 38.7 Å². The topological polar surface area (TPSA) is 41.6 Å². The van der Waals surface area contributed by atoms with E-state index in [-0.39, 0.29) is 5.91 Å². The van der Waals surface area contributed by atoms with Crippen LogP contribution in [0.25, 0.3) is 0 Å². The molecule has 1 atom stereocenters. The minimum atomic E-state index is -0.489. The second-order valence-electron chi connectivity index (χ2n) is 6.18. The molecule has 5 heteroatoms. The molecule has 1 amide bonds. The number of carbonyl (C=O) groups excluding carboxylic acids is 1. The lowest BCUT2D eigenvalue weighted by Crippen LogP contribution is -2.50. The Kier molecular flexibility index (Phi) is 6.72. The molecule has 0 spiro atoms. The van der Waals surface area contributed by atoms with Gasteiger partial charge in [0.15, 0.2) is 6.10 Å². The van der Waals surface area contributed by atoms with Gasteiger partial charge in [-0.15, -0.1) is 0 Å². The quantitative estimate of drug-likeness (QED) is 0.864. The normalized spacial score (nSPS) is 16.9. The summed E-state index contributed by atoms with van der Waals surface area (Å²) in [5.41, 5.74) is 0.951. The average molecular weight is 339 g/mol. The molecule has 0 aromatic heterocycles. The van der Waals surface area contributed by atoms with Crippen LogP contribution < -0.4 is 10.1 Å². The number of rotatable bonds is 6. The molecule has 1 N–H and O–H groups in total. The molecule has 1 aromatic carbocycles. The Morgan fingerprint density at radius 1 is 1.43 bits per heavy atom. The summed E-state index contributed by atoms with van der Waals surface area (Å²) < 4.78 is 5.86. The van der Waals surface area contributed by atoms with Crippen molar-refractivity contribution in [2.75, 3.05) is 19.6 Å². The zero-order chi connectivity index (χ0) is 16.8. The van der Waals surface area contributed by atoms with Crippen molar-refractivity contribution in [3.8, 4) is 5.75 Å². The molecule has 128 valence electrons. The molecule has 23 heavy (non-hydrogen) atoms. The zero-order valence-electron chi connectivity index (χ0n) is 14.3. The number of amides is 1. The minimum absolute atomic E-state index is 0.0753. The number of nitrogens with one attached hydrogen (secondary N) is 1. The van der Waals surface area contributed by atoms with Crippen LogP contribution >= 0.6 is 11.6 Å². The highest BCUT2D eigenvalue weighted by Gasteiger charge is 2.28. The molecule has 0 radical (unpaired) electrons. The fraction of sp³-hybridized carbons (Fsp3) is 0.611. The number of halogens is 1. The Balaban J connectivity index is 2.03. The summed E-state index contributed by atoms with van der Waals surface area (Å²) in [4.78, 5) is 14.9. The third kappa shape index (κ3) is 4.85. The number of benzene rings is 1. The van der Waals surface area contributed by atoms with E-state index < -0.39 is 6.10 Å². The molecule has 1 heterocycles. The maximum atomic E-state index is 12.8. The minimum Gasteiger partial charge on any atom is -0.481 e. The summed E-state index contributed by atoms with van der Waals surface area (Å²) in [6, 6.07) is 5.82. The predicted octanol–water partition coefficient (Wildman–Crippen LogP) is 3.41. The van der Waals surface area contributed by atoms with Gasteiger partial charge in [-0.1, -0.05) is 18.5 Å². The number of ether oxygens (including phenoxy) is 1. The molecule has 1 saturated heterocycles. The number of hydrogen-bond donors (Lipinski definition) is 1. The van der Waals surface area contributed by atoms with Crippen LogP contribution in [0, 0.1) is 6.92 Å². The summed E-state index contributed by atoms with van der Waals surface area (Å²) in [5.74, 6) is 0.765. The van der Waals surface area contributed by atoms with Crippen LogP contribution in [-0.4, -0.2) is 42.6 Å². The van der Waals surface area contributed by atoms with Crippen LogP contribution in [0.3, 0.4) is 0 Å². The van der Waals surface area contributed by atoms with Crippen LogP contribution in [-0.2, 0) is 4.79 Å². The summed E-state index contributed by atoms with van der Waals surface area (Å²) in [7, 11) is 0. The average Bonchev–Trinajstić information content (AvgIpc) is 2.56. The zero-order valence-corrected chi connectivity index (χ0v) is 15.0. The summed E-state index contributed by atoms with van der Waals surface area (Å²) >= 11 is 6.04. The van der Waals surface area contributed by atoms with Crippen molar-refractivity contribution in [1.29, 1.82) is 0 Å². The van der Waals surface area contributed by atoms with Crippen LogP contribution in [0.15, 0.2) is 18.2 Å². The molecule has 1 aliphatic rings. The van der Waals surface area contributed by atoms with E-state index in [1.54, 1.807) is 6.07 Å². The van der Waals surface area contributed by atoms with Gasteiger partial charge in [-0.2, -0.15) is 0 Å². The first-order chi connectivity index (χ1) is 11.0. The Labute approximate surface area is 144 Å². The molecule has 1 aromatic rings. The first kappa shape index (κ1) is 18.1. The van der Waals surface area contributed by atoms with Crippen molar-refractivity contribution in [2.24, 2.45) is 0 Å². The lowest BCUT2D eigenvalue weighted by atomic mass is 10.0. The second-order valence-corrected chi connectivity index (χ2v) is 6.59. The van der Waals surface area contributed by atoms with E-state index in [9.17, 15) is 4.79 Å². The first-order valence-corrected chi connectivity index (χ1v) is 8.84. The molecular weight excluding hydrogens is 312 g/mol. The highest BCUT2D eigenvalue weighted by atomic mass is 35.5. The third-order valence-electron chi connectivity index (χ3n) is 4.29. The molecule has 0 bridgehead atoms. The molecule has 4 nitrogen and oxygen atoms in total. The van der Waals surface area contributed by atoms with Crippen LogP contribution in [0.2, 0.25) is 5.02 Å². The van der Waals surface area contributed by atoms with E-state index in [1.807, 2.05) is 30.9 Å². The van der Waals surface area contributed by atoms with Crippen molar-refractivity contribution < 1.29 is 9.53 Å². The Hall–Kier alpha value is -1.26. The van der Waals surface area contributed by atoms with E-state index in [0.29, 0.717) is 16.8 Å². The van der Waals surface area contributed by atoms with Gasteiger partial charge in [0, 0.05) is 17.6 Å². The van der Waals surface area contributed by atoms with E-state index in [0.717, 1.165) is 44.5 Å². The van der Waals surface area contributed by atoms with Gasteiger partial charge in [0.1, 0.15) is 5.75 Å². The Bertz CT molecular complexity index is 530. The lowest BCUT2D eigenvalue weighted by Gasteiger charge is -2.36. The molecule has 1 fully saturated rings. The van der Waals surface area contributed by atoms with E-state index in [2.05, 4.69) is 12.2 Å². The molecular formula is C18H27ClN2O2. The van der Waals surface area contributed by atoms with E-state index in [4.69, 9.17) is 16.3 Å². The predicted molar refractivity (Wildman–Crippen MR) is 94.2 cm³/mol. The van der Waals surface area contributed by atoms with E-state index in [1.165, 1.54) is 0 Å². The number of carbonyl (C=O) groups is 1. The van der Waals surface area contributed by atoms with Crippen molar-refractivity contribution in [3.05, 3.63) is 28.8 Å². The fourth-order valence-electron chi connectivity index (χ4n) is 3.01. The standard InChI is InChI=1S/C18H27ClN2O2/c1-4-11-21(15-7-9-20-10-8-15)18(22)14(3)23-16-5-6-17(19)13(2)12-16/h5-6,12,14-15,20H,4,7-11H2,1-3H3. The van der Waals surface area contributed by atoms with E-state index >= 15 is 0 Å². The fourth-order valence-corrected chi connectivity index (χ4v) is 3.13. The highest BCUT2D eigenvalue weighted by Crippen LogP contribution is 2.23. The molecule has 1 aliphatic heterocycles. The van der Waals surface area contributed by atoms with Crippen molar-refractivity contribution in [2.45, 2.75) is 52.2 Å². The number of nitrogens with zero attached hydrogens (tertiary/aromatic N) is 1. The van der Waals surface area contributed by atoms with Gasteiger partial charge in [0.05, 0.1) is 0 Å². The van der Waals surface area contributed by atoms with Gasteiger partial charge in [-0.05, 0) is 70.0 Å². The second kappa shape index (κ2) is 8.55. The van der Waals surface area contributed by atoms with Gasteiger partial charge in [0.25, 0.3) is 5.91 Å². The van der Waals surface area contributed by atoms with Crippen molar-refractivity contribution in [1.82, 2.24) is 10.2 Å². The molecule has 1 unspecified atom stereocenters. The van der Waals surface area contributed by atoms with Gasteiger partial charge < -0.3 is 15.0 Å². The monoisotopic (exact) mass is 338 g/mol. The summed E-state index contributed by atoms with van der Waals surface area (Å²) in [6.45, 7) is 8.61.